The molecule has 28 heavy (non-hydrogen) atoms. The molecule has 0 bridgehead atoms. The van der Waals surface area contributed by atoms with Crippen LogP contribution in [-0.2, 0) is 13.0 Å². The molecular formula is C20H18ClF2N3O2. The summed E-state index contributed by atoms with van der Waals surface area (Å²) in [7, 11) is 0. The minimum atomic E-state index is -2.84. The first-order chi connectivity index (χ1) is 13.5. The van der Waals surface area contributed by atoms with Gasteiger partial charge in [-0.3, -0.25) is 9.48 Å². The van der Waals surface area contributed by atoms with Crippen molar-refractivity contribution in [3.63, 3.8) is 0 Å². The van der Waals surface area contributed by atoms with Gasteiger partial charge in [-0.25, -0.2) is 0 Å². The molecule has 3 rings (SSSR count). The number of rotatable bonds is 8. The second-order valence-electron chi connectivity index (χ2n) is 6.05. The molecule has 0 aliphatic rings. The number of carbonyl (C=O) groups is 1. The fourth-order valence-corrected chi connectivity index (χ4v) is 2.82. The lowest BCUT2D eigenvalue weighted by atomic mass is 10.1. The molecule has 0 atom stereocenters. The third-order valence-corrected chi connectivity index (χ3v) is 4.40. The molecule has 1 amide bonds. The minimum Gasteiger partial charge on any atom is -0.435 e. The second-order valence-corrected chi connectivity index (χ2v) is 6.45. The summed E-state index contributed by atoms with van der Waals surface area (Å²) in [5.41, 5.74) is 2.27. The molecule has 0 aliphatic heterocycles. The largest absolute Gasteiger partial charge is 0.435 e. The van der Waals surface area contributed by atoms with Crippen LogP contribution in [0.5, 0.6) is 5.75 Å². The van der Waals surface area contributed by atoms with E-state index in [1.807, 2.05) is 18.2 Å². The van der Waals surface area contributed by atoms with Crippen LogP contribution in [0.25, 0.3) is 0 Å². The number of halogens is 3. The van der Waals surface area contributed by atoms with Gasteiger partial charge >= 0.3 is 6.61 Å². The molecule has 146 valence electrons. The Labute approximate surface area is 165 Å². The topological polar surface area (TPSA) is 56.1 Å². The van der Waals surface area contributed by atoms with Crippen molar-refractivity contribution in [1.29, 1.82) is 0 Å². The van der Waals surface area contributed by atoms with Crippen LogP contribution >= 0.6 is 11.6 Å². The van der Waals surface area contributed by atoms with Crippen molar-refractivity contribution in [2.45, 2.75) is 19.6 Å². The van der Waals surface area contributed by atoms with Crippen molar-refractivity contribution in [3.8, 4) is 5.75 Å². The van der Waals surface area contributed by atoms with Gasteiger partial charge in [0.15, 0.2) is 0 Å². The maximum absolute atomic E-state index is 12.2. The predicted molar refractivity (Wildman–Crippen MR) is 102 cm³/mol. The Hall–Kier alpha value is -2.93. The number of carbonyl (C=O) groups excluding carboxylic acids is 1. The zero-order chi connectivity index (χ0) is 19.9. The smallest absolute Gasteiger partial charge is 0.387 e. The third-order valence-electron chi connectivity index (χ3n) is 4.03. The number of nitrogens with zero attached hydrogens (tertiary/aromatic N) is 2. The second kappa shape index (κ2) is 9.32. The summed E-state index contributed by atoms with van der Waals surface area (Å²) in [6.45, 7) is -1.97. The first-order valence-electron chi connectivity index (χ1n) is 8.59. The van der Waals surface area contributed by atoms with Crippen molar-refractivity contribution >= 4 is 17.5 Å². The highest BCUT2D eigenvalue weighted by molar-refractivity contribution is 6.31. The fraction of sp³-hybridized carbons (Fsp3) is 0.200. The maximum Gasteiger partial charge on any atom is 0.387 e. The molecule has 3 aromatic rings. The highest BCUT2D eigenvalue weighted by Crippen LogP contribution is 2.16. The zero-order valence-electron chi connectivity index (χ0n) is 14.8. The van der Waals surface area contributed by atoms with Gasteiger partial charge in [0, 0.05) is 17.8 Å². The molecule has 1 N–H and O–H groups in total. The monoisotopic (exact) mass is 405 g/mol. The Kier molecular flexibility index (Phi) is 6.60. The van der Waals surface area contributed by atoms with Gasteiger partial charge < -0.3 is 10.1 Å². The van der Waals surface area contributed by atoms with Crippen molar-refractivity contribution in [2.75, 3.05) is 6.54 Å². The SMILES string of the molecule is O=C(NCCc1ccc(OC(F)F)cc1)c1cnn(Cc2ccccc2Cl)c1. The van der Waals surface area contributed by atoms with E-state index in [4.69, 9.17) is 11.6 Å². The van der Waals surface area contributed by atoms with E-state index in [1.165, 1.54) is 18.3 Å². The Balaban J connectivity index is 1.49. The first-order valence-corrected chi connectivity index (χ1v) is 8.97. The normalized spacial score (nSPS) is 10.9. The standard InChI is InChI=1S/C20H18ClF2N3O2/c21-18-4-2-1-3-15(18)12-26-13-16(11-25-26)19(27)24-10-9-14-5-7-17(8-6-14)28-20(22)23/h1-8,11,13,20H,9-10,12H2,(H,24,27). The van der Waals surface area contributed by atoms with Gasteiger partial charge in [-0.15, -0.1) is 0 Å². The van der Waals surface area contributed by atoms with Crippen LogP contribution in [0.15, 0.2) is 60.9 Å². The first kappa shape index (κ1) is 19.8. The van der Waals surface area contributed by atoms with E-state index >= 15 is 0 Å². The zero-order valence-corrected chi connectivity index (χ0v) is 15.6. The molecule has 0 saturated carbocycles. The molecule has 0 spiro atoms. The molecule has 8 heteroatoms. The van der Waals surface area contributed by atoms with Gasteiger partial charge in [-0.1, -0.05) is 41.9 Å². The molecule has 1 aromatic heterocycles. The van der Waals surface area contributed by atoms with Crippen LogP contribution in [0.3, 0.4) is 0 Å². The lowest BCUT2D eigenvalue weighted by molar-refractivity contribution is -0.0498. The molecule has 0 aliphatic carbocycles. The van der Waals surface area contributed by atoms with Crippen molar-refractivity contribution in [1.82, 2.24) is 15.1 Å². The third kappa shape index (κ3) is 5.53. The van der Waals surface area contributed by atoms with Crippen LogP contribution in [0.1, 0.15) is 21.5 Å². The van der Waals surface area contributed by atoms with E-state index < -0.39 is 6.61 Å². The van der Waals surface area contributed by atoms with Gasteiger partial charge in [0.05, 0.1) is 18.3 Å². The number of nitrogens with one attached hydrogen (secondary N) is 1. The van der Waals surface area contributed by atoms with Gasteiger partial charge in [0.2, 0.25) is 0 Å². The van der Waals surface area contributed by atoms with Gasteiger partial charge in [-0.05, 0) is 35.7 Å². The molecule has 5 nitrogen and oxygen atoms in total. The molecular weight excluding hydrogens is 388 g/mol. The van der Waals surface area contributed by atoms with Crippen molar-refractivity contribution in [2.24, 2.45) is 0 Å². The van der Waals surface area contributed by atoms with E-state index in [9.17, 15) is 13.6 Å². The van der Waals surface area contributed by atoms with Crippen LogP contribution in [0.4, 0.5) is 8.78 Å². The molecule has 0 radical (unpaired) electrons. The van der Waals surface area contributed by atoms with Gasteiger partial charge in [0.25, 0.3) is 5.91 Å². The van der Waals surface area contributed by atoms with Crippen molar-refractivity contribution in [3.05, 3.63) is 82.6 Å². The van der Waals surface area contributed by atoms with Crippen molar-refractivity contribution < 1.29 is 18.3 Å². The molecule has 0 unspecified atom stereocenters. The van der Waals surface area contributed by atoms with E-state index in [2.05, 4.69) is 15.2 Å². The van der Waals surface area contributed by atoms with Crippen LogP contribution in [0, 0.1) is 0 Å². The minimum absolute atomic E-state index is 0.105. The summed E-state index contributed by atoms with van der Waals surface area (Å²) in [6.07, 6.45) is 3.73. The summed E-state index contributed by atoms with van der Waals surface area (Å²) in [5, 5.41) is 7.66. The average molecular weight is 406 g/mol. The van der Waals surface area contributed by atoms with E-state index in [-0.39, 0.29) is 11.7 Å². The molecule has 0 saturated heterocycles. The fourth-order valence-electron chi connectivity index (χ4n) is 2.63. The highest BCUT2D eigenvalue weighted by atomic mass is 35.5. The van der Waals surface area contributed by atoms with Gasteiger partial charge in [0.1, 0.15) is 5.75 Å². The number of ether oxygens (including phenoxy) is 1. The predicted octanol–water partition coefficient (Wildman–Crippen LogP) is 4.16. The Morgan fingerprint density at radius 2 is 1.93 bits per heavy atom. The Morgan fingerprint density at radius 1 is 1.18 bits per heavy atom. The quantitative estimate of drug-likeness (QED) is 0.612. The highest BCUT2D eigenvalue weighted by Gasteiger charge is 2.09. The summed E-state index contributed by atoms with van der Waals surface area (Å²) >= 11 is 6.14. The number of benzene rings is 2. The van der Waals surface area contributed by atoms with E-state index in [0.717, 1.165) is 11.1 Å². The maximum atomic E-state index is 12.2. The van der Waals surface area contributed by atoms with Crippen LogP contribution in [-0.4, -0.2) is 28.8 Å². The summed E-state index contributed by atoms with van der Waals surface area (Å²) in [6, 6.07) is 13.8. The number of aromatic nitrogens is 2. The lowest BCUT2D eigenvalue weighted by Crippen LogP contribution is -2.25. The average Bonchev–Trinajstić information content (AvgIpc) is 3.13. The number of hydrogen-bond acceptors (Lipinski definition) is 3. The Morgan fingerprint density at radius 3 is 2.64 bits per heavy atom. The summed E-state index contributed by atoms with van der Waals surface area (Å²) in [4.78, 5) is 12.2. The molecule has 0 fully saturated rings. The van der Waals surface area contributed by atoms with Crippen LogP contribution < -0.4 is 10.1 Å². The summed E-state index contributed by atoms with van der Waals surface area (Å²) < 4.78 is 30.2. The summed E-state index contributed by atoms with van der Waals surface area (Å²) in [5.74, 6) is -0.128. The number of alkyl halides is 2. The van der Waals surface area contributed by atoms with Crippen LogP contribution in [0.2, 0.25) is 5.02 Å². The number of hydrogen-bond donors (Lipinski definition) is 1. The molecule has 1 heterocycles. The number of amides is 1. The lowest BCUT2D eigenvalue weighted by Gasteiger charge is -2.07. The Bertz CT molecular complexity index is 929. The van der Waals surface area contributed by atoms with E-state index in [0.29, 0.717) is 30.1 Å². The van der Waals surface area contributed by atoms with E-state index in [1.54, 1.807) is 29.1 Å². The molecule has 2 aromatic carbocycles. The van der Waals surface area contributed by atoms with Gasteiger partial charge in [-0.2, -0.15) is 13.9 Å².